The van der Waals surface area contributed by atoms with Crippen molar-refractivity contribution in [2.45, 2.75) is 6.92 Å². The zero-order chi connectivity index (χ0) is 5.82. The molecular formula is C5H11NS2. The van der Waals surface area contributed by atoms with E-state index in [2.05, 4.69) is 11.8 Å². The lowest BCUT2D eigenvalue weighted by Gasteiger charge is -2.23. The second kappa shape index (κ2) is 3.64. The number of hydrogen-bond acceptors (Lipinski definition) is 3. The van der Waals surface area contributed by atoms with Gasteiger partial charge in [0.25, 0.3) is 0 Å². The Kier molecular flexibility index (Phi) is 3.08. The van der Waals surface area contributed by atoms with Crippen LogP contribution in [0.2, 0.25) is 0 Å². The fraction of sp³-hybridized carbons (Fsp3) is 1.00. The van der Waals surface area contributed by atoms with E-state index in [1.165, 1.54) is 23.4 Å². The van der Waals surface area contributed by atoms with Gasteiger partial charge in [0.15, 0.2) is 0 Å². The van der Waals surface area contributed by atoms with E-state index in [0.29, 0.717) is 0 Å². The molecule has 3 heteroatoms. The quantitative estimate of drug-likeness (QED) is 0.558. The monoisotopic (exact) mass is 149 g/mol. The lowest BCUT2D eigenvalue weighted by atomic mass is 10.7. The summed E-state index contributed by atoms with van der Waals surface area (Å²) in [7, 11) is 0. The maximum atomic E-state index is 2.44. The lowest BCUT2D eigenvalue weighted by molar-refractivity contribution is 0.398. The third-order valence-electron chi connectivity index (χ3n) is 1.16. The molecule has 1 saturated heterocycles. The van der Waals surface area contributed by atoms with Crippen LogP contribution in [0.3, 0.4) is 0 Å². The largest absolute Gasteiger partial charge is 0.285 e. The van der Waals surface area contributed by atoms with Crippen molar-refractivity contribution in [2.24, 2.45) is 0 Å². The van der Waals surface area contributed by atoms with E-state index in [4.69, 9.17) is 0 Å². The maximum Gasteiger partial charge on any atom is 0.0460 e. The zero-order valence-corrected chi connectivity index (χ0v) is 6.73. The van der Waals surface area contributed by atoms with Crippen molar-refractivity contribution in [1.29, 1.82) is 0 Å². The van der Waals surface area contributed by atoms with Crippen LogP contribution in [-0.4, -0.2) is 28.3 Å². The van der Waals surface area contributed by atoms with Crippen LogP contribution in [0.25, 0.3) is 0 Å². The third kappa shape index (κ3) is 1.88. The van der Waals surface area contributed by atoms with Crippen molar-refractivity contribution >= 4 is 23.5 Å². The summed E-state index contributed by atoms with van der Waals surface area (Å²) in [6, 6.07) is 0. The topological polar surface area (TPSA) is 3.24 Å². The number of hydrogen-bond donors (Lipinski definition) is 0. The van der Waals surface area contributed by atoms with Gasteiger partial charge in [-0.3, -0.25) is 4.90 Å². The molecule has 0 bridgehead atoms. The van der Waals surface area contributed by atoms with E-state index in [1.54, 1.807) is 0 Å². The molecule has 0 spiro atoms. The third-order valence-corrected chi connectivity index (χ3v) is 3.59. The highest BCUT2D eigenvalue weighted by Crippen LogP contribution is 2.20. The highest BCUT2D eigenvalue weighted by molar-refractivity contribution is 8.16. The summed E-state index contributed by atoms with van der Waals surface area (Å²) in [5.41, 5.74) is 0. The number of thioether (sulfide) groups is 2. The first-order valence-electron chi connectivity index (χ1n) is 2.81. The zero-order valence-electron chi connectivity index (χ0n) is 5.09. The summed E-state index contributed by atoms with van der Waals surface area (Å²) in [5.74, 6) is 2.48. The highest BCUT2D eigenvalue weighted by Gasteiger charge is 2.06. The molecule has 0 aromatic heterocycles. The summed E-state index contributed by atoms with van der Waals surface area (Å²) in [6.07, 6.45) is 0. The van der Waals surface area contributed by atoms with E-state index < -0.39 is 0 Å². The SMILES string of the molecule is CCN1CSCSC1. The van der Waals surface area contributed by atoms with Crippen LogP contribution >= 0.6 is 23.5 Å². The molecule has 0 N–H and O–H groups in total. The molecule has 1 aliphatic rings. The average Bonchev–Trinajstić information content (AvgIpc) is 1.90. The molecule has 1 heterocycles. The molecule has 1 aliphatic heterocycles. The van der Waals surface area contributed by atoms with Crippen LogP contribution in [0.1, 0.15) is 6.92 Å². The first kappa shape index (κ1) is 6.78. The van der Waals surface area contributed by atoms with Crippen molar-refractivity contribution < 1.29 is 0 Å². The van der Waals surface area contributed by atoms with Gasteiger partial charge in [-0.15, -0.1) is 23.5 Å². The standard InChI is InChI=1S/C5H11NS2/c1-2-6-3-7-5-8-4-6/h2-5H2,1H3. The van der Waals surface area contributed by atoms with Gasteiger partial charge in [0.05, 0.1) is 0 Å². The first-order chi connectivity index (χ1) is 3.93. The van der Waals surface area contributed by atoms with Crippen molar-refractivity contribution in [2.75, 3.05) is 23.4 Å². The van der Waals surface area contributed by atoms with Crippen molar-refractivity contribution in [3.8, 4) is 0 Å². The second-order valence-electron chi connectivity index (χ2n) is 1.77. The predicted octanol–water partition coefficient (Wildman–Crippen LogP) is 1.66. The van der Waals surface area contributed by atoms with Gasteiger partial charge in [-0.1, -0.05) is 6.92 Å². The summed E-state index contributed by atoms with van der Waals surface area (Å²) in [4.78, 5) is 2.44. The minimum atomic E-state index is 1.21. The fourth-order valence-electron chi connectivity index (χ4n) is 0.612. The number of nitrogens with zero attached hydrogens (tertiary/aromatic N) is 1. The van der Waals surface area contributed by atoms with Crippen LogP contribution in [0.15, 0.2) is 0 Å². The van der Waals surface area contributed by atoms with Crippen molar-refractivity contribution in [1.82, 2.24) is 4.90 Å². The molecule has 48 valence electrons. The molecule has 8 heavy (non-hydrogen) atoms. The van der Waals surface area contributed by atoms with E-state index in [9.17, 15) is 0 Å². The van der Waals surface area contributed by atoms with Crippen LogP contribution in [-0.2, 0) is 0 Å². The summed E-state index contributed by atoms with van der Waals surface area (Å²) in [6.45, 7) is 3.42. The van der Waals surface area contributed by atoms with E-state index >= 15 is 0 Å². The smallest absolute Gasteiger partial charge is 0.0460 e. The Morgan fingerprint density at radius 1 is 1.38 bits per heavy atom. The van der Waals surface area contributed by atoms with E-state index in [0.717, 1.165) is 0 Å². The predicted molar refractivity (Wildman–Crippen MR) is 42.2 cm³/mol. The van der Waals surface area contributed by atoms with Crippen LogP contribution in [0.4, 0.5) is 0 Å². The lowest BCUT2D eigenvalue weighted by Crippen LogP contribution is -2.25. The summed E-state index contributed by atoms with van der Waals surface area (Å²) >= 11 is 4.03. The molecule has 0 aromatic rings. The maximum absolute atomic E-state index is 2.44. The van der Waals surface area contributed by atoms with Crippen molar-refractivity contribution in [3.63, 3.8) is 0 Å². The van der Waals surface area contributed by atoms with Crippen molar-refractivity contribution in [3.05, 3.63) is 0 Å². The highest BCUT2D eigenvalue weighted by atomic mass is 32.2. The van der Waals surface area contributed by atoms with Gasteiger partial charge in [-0.25, -0.2) is 0 Å². The molecular weight excluding hydrogens is 138 g/mol. The second-order valence-corrected chi connectivity index (χ2v) is 4.05. The van der Waals surface area contributed by atoms with Gasteiger partial charge >= 0.3 is 0 Å². The first-order valence-corrected chi connectivity index (χ1v) is 5.12. The van der Waals surface area contributed by atoms with Gasteiger partial charge in [-0.2, -0.15) is 0 Å². The van der Waals surface area contributed by atoms with Crippen LogP contribution in [0, 0.1) is 0 Å². The molecule has 0 aromatic carbocycles. The molecule has 1 nitrogen and oxygen atoms in total. The Hall–Kier alpha value is 0.660. The summed E-state index contributed by atoms with van der Waals surface area (Å²) in [5, 5.41) is 1.29. The molecule has 0 amide bonds. The molecule has 0 radical (unpaired) electrons. The molecule has 0 atom stereocenters. The average molecular weight is 149 g/mol. The number of rotatable bonds is 1. The van der Waals surface area contributed by atoms with Crippen LogP contribution in [0.5, 0.6) is 0 Å². The Labute approximate surface area is 59.2 Å². The van der Waals surface area contributed by atoms with Gasteiger partial charge in [0.1, 0.15) is 0 Å². The van der Waals surface area contributed by atoms with Gasteiger partial charge in [0, 0.05) is 16.8 Å². The molecule has 0 aliphatic carbocycles. The molecule has 1 rings (SSSR count). The molecule has 1 fully saturated rings. The Bertz CT molecular complexity index is 61.4. The normalized spacial score (nSPS) is 23.6. The Balaban J connectivity index is 2.13. The van der Waals surface area contributed by atoms with Crippen LogP contribution < -0.4 is 0 Å². The molecule has 0 unspecified atom stereocenters. The van der Waals surface area contributed by atoms with Gasteiger partial charge in [-0.05, 0) is 6.54 Å². The Morgan fingerprint density at radius 3 is 2.38 bits per heavy atom. The Morgan fingerprint density at radius 2 is 2.00 bits per heavy atom. The van der Waals surface area contributed by atoms with E-state index in [-0.39, 0.29) is 0 Å². The minimum absolute atomic E-state index is 1.21. The summed E-state index contributed by atoms with van der Waals surface area (Å²) < 4.78 is 0. The minimum Gasteiger partial charge on any atom is -0.285 e. The fourth-order valence-corrected chi connectivity index (χ4v) is 2.86. The van der Waals surface area contributed by atoms with Gasteiger partial charge in [0.2, 0.25) is 0 Å². The molecule has 0 saturated carbocycles. The van der Waals surface area contributed by atoms with E-state index in [1.807, 2.05) is 23.5 Å². The van der Waals surface area contributed by atoms with Gasteiger partial charge < -0.3 is 0 Å².